The second-order valence-electron chi connectivity index (χ2n) is 2.81. The molecule has 0 aromatic heterocycles. The molecule has 10 heavy (non-hydrogen) atoms. The molecule has 0 aromatic carbocycles. The van der Waals surface area contributed by atoms with Crippen LogP contribution in [0.1, 0.15) is 19.8 Å². The maximum Gasteiger partial charge on any atom is 0.103 e. The first-order valence-corrected chi connectivity index (χ1v) is 3.81. The Morgan fingerprint density at radius 1 is 1.80 bits per heavy atom. The summed E-state index contributed by atoms with van der Waals surface area (Å²) in [5.41, 5.74) is 0. The molecule has 1 heterocycles. The van der Waals surface area contributed by atoms with Gasteiger partial charge in [0.1, 0.15) is 6.61 Å². The molecule has 1 aliphatic rings. The SMILES string of the molecule is C=C(C)OC[C@@H]1CCCN1. The lowest BCUT2D eigenvalue weighted by Gasteiger charge is -2.10. The van der Waals surface area contributed by atoms with Gasteiger partial charge in [-0.2, -0.15) is 0 Å². The average molecular weight is 141 g/mol. The third kappa shape index (κ3) is 2.40. The molecule has 2 heteroatoms. The van der Waals surface area contributed by atoms with Crippen LogP contribution in [0.25, 0.3) is 0 Å². The first-order valence-electron chi connectivity index (χ1n) is 3.81. The fraction of sp³-hybridized carbons (Fsp3) is 0.750. The molecule has 1 rings (SSSR count). The van der Waals surface area contributed by atoms with E-state index >= 15 is 0 Å². The zero-order chi connectivity index (χ0) is 7.40. The van der Waals surface area contributed by atoms with Crippen LogP contribution in [0.2, 0.25) is 0 Å². The number of rotatable bonds is 3. The first-order chi connectivity index (χ1) is 4.79. The van der Waals surface area contributed by atoms with E-state index in [2.05, 4.69) is 11.9 Å². The van der Waals surface area contributed by atoms with Crippen LogP contribution >= 0.6 is 0 Å². The van der Waals surface area contributed by atoms with Crippen molar-refractivity contribution < 1.29 is 4.74 Å². The monoisotopic (exact) mass is 141 g/mol. The highest BCUT2D eigenvalue weighted by atomic mass is 16.5. The first kappa shape index (κ1) is 7.61. The lowest BCUT2D eigenvalue weighted by molar-refractivity contribution is 0.189. The Bertz CT molecular complexity index is 116. The van der Waals surface area contributed by atoms with Gasteiger partial charge < -0.3 is 10.1 Å². The molecular formula is C8H15NO. The Labute approximate surface area is 62.3 Å². The van der Waals surface area contributed by atoms with Crippen LogP contribution in [0.3, 0.4) is 0 Å². The summed E-state index contributed by atoms with van der Waals surface area (Å²) in [6.07, 6.45) is 2.53. The van der Waals surface area contributed by atoms with Gasteiger partial charge in [0, 0.05) is 6.04 Å². The molecule has 0 aromatic rings. The van der Waals surface area contributed by atoms with E-state index in [0.29, 0.717) is 6.04 Å². The molecule has 0 aliphatic carbocycles. The highest BCUT2D eigenvalue weighted by Crippen LogP contribution is 2.06. The molecule has 58 valence electrons. The highest BCUT2D eigenvalue weighted by Gasteiger charge is 2.13. The second-order valence-corrected chi connectivity index (χ2v) is 2.81. The summed E-state index contributed by atoms with van der Waals surface area (Å²) in [5.74, 6) is 0.814. The van der Waals surface area contributed by atoms with Crippen molar-refractivity contribution in [3.8, 4) is 0 Å². The van der Waals surface area contributed by atoms with Crippen molar-refractivity contribution >= 4 is 0 Å². The van der Waals surface area contributed by atoms with Gasteiger partial charge in [-0.3, -0.25) is 0 Å². The normalized spacial score (nSPS) is 24.7. The molecule has 0 radical (unpaired) electrons. The van der Waals surface area contributed by atoms with Crippen LogP contribution in [0.4, 0.5) is 0 Å². The summed E-state index contributed by atoms with van der Waals surface area (Å²) in [6.45, 7) is 7.48. The second kappa shape index (κ2) is 3.62. The number of ether oxygens (including phenoxy) is 1. The maximum absolute atomic E-state index is 5.27. The predicted molar refractivity (Wildman–Crippen MR) is 41.8 cm³/mol. The molecule has 2 nitrogen and oxygen atoms in total. The van der Waals surface area contributed by atoms with Gasteiger partial charge in [0.2, 0.25) is 0 Å². The molecular weight excluding hydrogens is 126 g/mol. The van der Waals surface area contributed by atoms with Crippen molar-refractivity contribution in [3.63, 3.8) is 0 Å². The molecule has 0 unspecified atom stereocenters. The van der Waals surface area contributed by atoms with Crippen LogP contribution in [0.5, 0.6) is 0 Å². The van der Waals surface area contributed by atoms with E-state index in [1.54, 1.807) is 0 Å². The van der Waals surface area contributed by atoms with E-state index in [4.69, 9.17) is 4.74 Å². The standard InChI is InChI=1S/C8H15NO/c1-7(2)10-6-8-4-3-5-9-8/h8-9H,1,3-6H2,2H3/t8-/m0/s1. The van der Waals surface area contributed by atoms with E-state index < -0.39 is 0 Å². The Kier molecular flexibility index (Phi) is 2.75. The third-order valence-electron chi connectivity index (χ3n) is 1.69. The predicted octanol–water partition coefficient (Wildman–Crippen LogP) is 1.29. The molecule has 0 bridgehead atoms. The number of nitrogens with one attached hydrogen (secondary N) is 1. The molecule has 1 aliphatic heterocycles. The summed E-state index contributed by atoms with van der Waals surface area (Å²) in [6, 6.07) is 0.566. The van der Waals surface area contributed by atoms with E-state index in [1.165, 1.54) is 12.8 Å². The smallest absolute Gasteiger partial charge is 0.103 e. The van der Waals surface area contributed by atoms with Gasteiger partial charge in [0.05, 0.1) is 5.76 Å². The van der Waals surface area contributed by atoms with Crippen molar-refractivity contribution in [1.29, 1.82) is 0 Å². The maximum atomic E-state index is 5.27. The lowest BCUT2D eigenvalue weighted by atomic mass is 10.2. The van der Waals surface area contributed by atoms with E-state index in [-0.39, 0.29) is 0 Å². The largest absolute Gasteiger partial charge is 0.497 e. The molecule has 1 fully saturated rings. The fourth-order valence-electron chi connectivity index (χ4n) is 1.14. The quantitative estimate of drug-likeness (QED) is 0.598. The molecule has 0 saturated carbocycles. The van der Waals surface area contributed by atoms with Crippen molar-refractivity contribution in [2.45, 2.75) is 25.8 Å². The van der Waals surface area contributed by atoms with Gasteiger partial charge in [-0.25, -0.2) is 0 Å². The van der Waals surface area contributed by atoms with Crippen LogP contribution < -0.4 is 5.32 Å². The van der Waals surface area contributed by atoms with E-state index in [1.807, 2.05) is 6.92 Å². The molecule has 1 saturated heterocycles. The summed E-state index contributed by atoms with van der Waals surface area (Å²) in [4.78, 5) is 0. The molecule has 0 amide bonds. The van der Waals surface area contributed by atoms with Gasteiger partial charge in [-0.1, -0.05) is 6.58 Å². The zero-order valence-electron chi connectivity index (χ0n) is 6.52. The third-order valence-corrected chi connectivity index (χ3v) is 1.69. The Balaban J connectivity index is 2.07. The van der Waals surface area contributed by atoms with Crippen LogP contribution in [-0.2, 0) is 4.74 Å². The van der Waals surface area contributed by atoms with Gasteiger partial charge in [0.15, 0.2) is 0 Å². The Hall–Kier alpha value is -0.500. The summed E-state index contributed by atoms with van der Waals surface area (Å²) < 4.78 is 5.27. The molecule has 1 atom stereocenters. The van der Waals surface area contributed by atoms with Crippen LogP contribution in [0, 0.1) is 0 Å². The number of allylic oxidation sites excluding steroid dienone is 1. The number of hydrogen-bond acceptors (Lipinski definition) is 2. The number of hydrogen-bond donors (Lipinski definition) is 1. The Morgan fingerprint density at radius 3 is 3.10 bits per heavy atom. The van der Waals surface area contributed by atoms with Gasteiger partial charge in [-0.05, 0) is 26.3 Å². The fourth-order valence-corrected chi connectivity index (χ4v) is 1.14. The van der Waals surface area contributed by atoms with Crippen molar-refractivity contribution in [3.05, 3.63) is 12.3 Å². The topological polar surface area (TPSA) is 21.3 Å². The lowest BCUT2D eigenvalue weighted by Crippen LogP contribution is -2.26. The van der Waals surface area contributed by atoms with Crippen molar-refractivity contribution in [1.82, 2.24) is 5.32 Å². The Morgan fingerprint density at radius 2 is 2.60 bits per heavy atom. The van der Waals surface area contributed by atoms with Gasteiger partial charge >= 0.3 is 0 Å². The highest BCUT2D eigenvalue weighted by molar-refractivity contribution is 4.79. The molecule has 1 N–H and O–H groups in total. The van der Waals surface area contributed by atoms with Crippen LogP contribution in [-0.4, -0.2) is 19.2 Å². The van der Waals surface area contributed by atoms with E-state index in [9.17, 15) is 0 Å². The van der Waals surface area contributed by atoms with Gasteiger partial charge in [-0.15, -0.1) is 0 Å². The summed E-state index contributed by atoms with van der Waals surface area (Å²) >= 11 is 0. The molecule has 0 spiro atoms. The average Bonchev–Trinajstić information content (AvgIpc) is 2.34. The van der Waals surface area contributed by atoms with E-state index in [0.717, 1.165) is 18.9 Å². The minimum absolute atomic E-state index is 0.566. The van der Waals surface area contributed by atoms with Gasteiger partial charge in [0.25, 0.3) is 0 Å². The summed E-state index contributed by atoms with van der Waals surface area (Å²) in [5, 5.41) is 3.35. The van der Waals surface area contributed by atoms with Crippen LogP contribution in [0.15, 0.2) is 12.3 Å². The summed E-state index contributed by atoms with van der Waals surface area (Å²) in [7, 11) is 0. The zero-order valence-corrected chi connectivity index (χ0v) is 6.52. The minimum atomic E-state index is 0.566. The van der Waals surface area contributed by atoms with Crippen molar-refractivity contribution in [2.75, 3.05) is 13.2 Å². The van der Waals surface area contributed by atoms with Crippen molar-refractivity contribution in [2.24, 2.45) is 0 Å². The minimum Gasteiger partial charge on any atom is -0.497 e.